The Bertz CT molecular complexity index is 627. The molecule has 6 heteroatoms. The lowest BCUT2D eigenvalue weighted by Gasteiger charge is -2.20. The van der Waals surface area contributed by atoms with Gasteiger partial charge in [0.1, 0.15) is 11.8 Å². The Morgan fingerprint density at radius 2 is 1.90 bits per heavy atom. The number of hydrogen-bond donors (Lipinski definition) is 0. The molecule has 0 aromatic heterocycles. The van der Waals surface area contributed by atoms with E-state index in [9.17, 15) is 8.42 Å². The maximum Gasteiger partial charge on any atom is 0.243 e. The molecular weight excluding hydrogens is 288 g/mol. The molecule has 0 bridgehead atoms. The van der Waals surface area contributed by atoms with Crippen molar-refractivity contribution in [2.45, 2.75) is 37.5 Å². The molecule has 0 amide bonds. The molecule has 21 heavy (non-hydrogen) atoms. The Morgan fingerprint density at radius 3 is 2.48 bits per heavy atom. The van der Waals surface area contributed by atoms with Gasteiger partial charge in [0.05, 0.1) is 17.1 Å². The van der Waals surface area contributed by atoms with Gasteiger partial charge in [0.2, 0.25) is 10.0 Å². The molecule has 1 aromatic carbocycles. The van der Waals surface area contributed by atoms with Gasteiger partial charge in [-0.1, -0.05) is 12.8 Å². The van der Waals surface area contributed by atoms with Gasteiger partial charge < -0.3 is 4.74 Å². The molecule has 0 spiro atoms. The van der Waals surface area contributed by atoms with Crippen molar-refractivity contribution in [1.82, 2.24) is 4.31 Å². The topological polar surface area (TPSA) is 70.4 Å². The van der Waals surface area contributed by atoms with E-state index in [2.05, 4.69) is 0 Å². The normalized spacial score (nSPS) is 17.0. The Morgan fingerprint density at radius 1 is 1.24 bits per heavy atom. The van der Waals surface area contributed by atoms with Crippen LogP contribution in [0, 0.1) is 11.3 Å². The van der Waals surface area contributed by atoms with Crippen LogP contribution in [0.15, 0.2) is 23.1 Å². The SMILES string of the molecule is CCOc1ccc(S(=O)(=O)N2CCCCCC2)cc1C#N. The predicted molar refractivity (Wildman–Crippen MR) is 79.6 cm³/mol. The molecule has 1 aliphatic heterocycles. The van der Waals surface area contributed by atoms with E-state index in [4.69, 9.17) is 10.00 Å². The molecule has 1 saturated heterocycles. The fraction of sp³-hybridized carbons (Fsp3) is 0.533. The molecule has 0 radical (unpaired) electrons. The highest BCUT2D eigenvalue weighted by Gasteiger charge is 2.26. The van der Waals surface area contributed by atoms with Gasteiger partial charge in [-0.05, 0) is 38.0 Å². The first-order chi connectivity index (χ1) is 10.1. The van der Waals surface area contributed by atoms with Gasteiger partial charge in [0.15, 0.2) is 0 Å². The van der Waals surface area contributed by atoms with Crippen molar-refractivity contribution < 1.29 is 13.2 Å². The van der Waals surface area contributed by atoms with Gasteiger partial charge >= 0.3 is 0 Å². The summed E-state index contributed by atoms with van der Waals surface area (Å²) in [6, 6.07) is 6.49. The lowest BCUT2D eigenvalue weighted by atomic mass is 10.2. The summed E-state index contributed by atoms with van der Waals surface area (Å²) in [4.78, 5) is 0.171. The maximum absolute atomic E-state index is 12.7. The Hall–Kier alpha value is -1.58. The minimum absolute atomic E-state index is 0.171. The number of nitriles is 1. The maximum atomic E-state index is 12.7. The average Bonchev–Trinajstić information content (AvgIpc) is 2.77. The number of hydrogen-bond acceptors (Lipinski definition) is 4. The Balaban J connectivity index is 2.33. The van der Waals surface area contributed by atoms with E-state index in [1.54, 1.807) is 6.07 Å². The lowest BCUT2D eigenvalue weighted by molar-refractivity contribution is 0.339. The number of nitrogens with zero attached hydrogens (tertiary/aromatic N) is 2. The van der Waals surface area contributed by atoms with Crippen LogP contribution < -0.4 is 4.74 Å². The van der Waals surface area contributed by atoms with E-state index in [0.29, 0.717) is 25.4 Å². The Kier molecular flexibility index (Phi) is 5.21. The van der Waals surface area contributed by atoms with Crippen molar-refractivity contribution >= 4 is 10.0 Å². The van der Waals surface area contributed by atoms with Crippen LogP contribution >= 0.6 is 0 Å². The van der Waals surface area contributed by atoms with E-state index in [1.807, 2.05) is 13.0 Å². The van der Waals surface area contributed by atoms with Gasteiger partial charge in [0, 0.05) is 13.1 Å². The van der Waals surface area contributed by atoms with Gasteiger partial charge in [-0.2, -0.15) is 9.57 Å². The molecule has 0 saturated carbocycles. The standard InChI is InChI=1S/C15H20N2O3S/c1-2-20-15-8-7-14(11-13(15)12-16)21(18,19)17-9-5-3-4-6-10-17/h7-8,11H,2-6,9-10H2,1H3. The summed E-state index contributed by atoms with van der Waals surface area (Å²) in [6.45, 7) is 3.37. The molecule has 1 aliphatic rings. The van der Waals surface area contributed by atoms with Crippen LogP contribution in [-0.4, -0.2) is 32.4 Å². The van der Waals surface area contributed by atoms with E-state index < -0.39 is 10.0 Å². The monoisotopic (exact) mass is 308 g/mol. The molecule has 0 N–H and O–H groups in total. The van der Waals surface area contributed by atoms with Gasteiger partial charge in [0.25, 0.3) is 0 Å². The first kappa shape index (κ1) is 15.8. The fourth-order valence-electron chi connectivity index (χ4n) is 2.47. The summed E-state index contributed by atoms with van der Waals surface area (Å²) in [5.74, 6) is 0.426. The molecule has 1 heterocycles. The summed E-state index contributed by atoms with van der Waals surface area (Å²) in [6.07, 6.45) is 3.92. The largest absolute Gasteiger partial charge is 0.492 e. The number of benzene rings is 1. The van der Waals surface area contributed by atoms with Crippen molar-refractivity contribution in [3.63, 3.8) is 0 Å². The molecule has 2 rings (SSSR count). The first-order valence-electron chi connectivity index (χ1n) is 7.26. The highest BCUT2D eigenvalue weighted by atomic mass is 32.2. The highest BCUT2D eigenvalue weighted by molar-refractivity contribution is 7.89. The number of sulfonamides is 1. The van der Waals surface area contributed by atoms with Crippen molar-refractivity contribution in [1.29, 1.82) is 5.26 Å². The van der Waals surface area contributed by atoms with Crippen molar-refractivity contribution in [2.75, 3.05) is 19.7 Å². The first-order valence-corrected chi connectivity index (χ1v) is 8.70. The minimum atomic E-state index is -3.52. The van der Waals surface area contributed by atoms with Crippen LogP contribution in [0.2, 0.25) is 0 Å². The quantitative estimate of drug-likeness (QED) is 0.857. The van der Waals surface area contributed by atoms with Crippen molar-refractivity contribution in [3.8, 4) is 11.8 Å². The number of ether oxygens (including phenoxy) is 1. The Labute approximate surface area is 126 Å². The molecule has 1 fully saturated rings. The average molecular weight is 308 g/mol. The molecular formula is C15H20N2O3S. The van der Waals surface area contributed by atoms with Gasteiger partial charge in [-0.25, -0.2) is 8.42 Å². The summed E-state index contributed by atoms with van der Waals surface area (Å²) in [5, 5.41) is 9.15. The molecule has 1 aromatic rings. The van der Waals surface area contributed by atoms with Crippen LogP contribution in [-0.2, 0) is 10.0 Å². The molecule has 0 unspecified atom stereocenters. The highest BCUT2D eigenvalue weighted by Crippen LogP contribution is 2.25. The minimum Gasteiger partial charge on any atom is -0.492 e. The van der Waals surface area contributed by atoms with Crippen LogP contribution in [0.5, 0.6) is 5.75 Å². The second kappa shape index (κ2) is 6.92. The molecule has 5 nitrogen and oxygen atoms in total. The fourth-order valence-corrected chi connectivity index (χ4v) is 4.01. The van der Waals surface area contributed by atoms with E-state index in [1.165, 1.54) is 16.4 Å². The van der Waals surface area contributed by atoms with E-state index in [0.717, 1.165) is 25.7 Å². The van der Waals surface area contributed by atoms with Crippen molar-refractivity contribution in [3.05, 3.63) is 23.8 Å². The molecule has 0 aliphatic carbocycles. The summed E-state index contributed by atoms with van der Waals surface area (Å²) >= 11 is 0. The summed E-state index contributed by atoms with van der Waals surface area (Å²) in [5.41, 5.74) is 0.257. The van der Waals surface area contributed by atoms with Crippen LogP contribution in [0.4, 0.5) is 0 Å². The zero-order valence-electron chi connectivity index (χ0n) is 12.2. The van der Waals surface area contributed by atoms with Crippen LogP contribution in [0.1, 0.15) is 38.2 Å². The van der Waals surface area contributed by atoms with Crippen LogP contribution in [0.25, 0.3) is 0 Å². The zero-order chi connectivity index (χ0) is 15.3. The van der Waals surface area contributed by atoms with E-state index >= 15 is 0 Å². The lowest BCUT2D eigenvalue weighted by Crippen LogP contribution is -2.32. The molecule has 0 atom stereocenters. The van der Waals surface area contributed by atoms with Gasteiger partial charge in [-0.15, -0.1) is 0 Å². The third-order valence-corrected chi connectivity index (χ3v) is 5.47. The molecule has 114 valence electrons. The third kappa shape index (κ3) is 3.55. The van der Waals surface area contributed by atoms with Crippen LogP contribution in [0.3, 0.4) is 0 Å². The summed E-state index contributed by atoms with van der Waals surface area (Å²) in [7, 11) is -3.52. The second-order valence-electron chi connectivity index (χ2n) is 5.02. The predicted octanol–water partition coefficient (Wildman–Crippen LogP) is 2.52. The smallest absolute Gasteiger partial charge is 0.243 e. The second-order valence-corrected chi connectivity index (χ2v) is 6.96. The summed E-state index contributed by atoms with van der Waals surface area (Å²) < 4.78 is 32.2. The number of rotatable bonds is 4. The van der Waals surface area contributed by atoms with Gasteiger partial charge in [-0.3, -0.25) is 0 Å². The zero-order valence-corrected chi connectivity index (χ0v) is 13.0. The third-order valence-electron chi connectivity index (χ3n) is 3.57. The van der Waals surface area contributed by atoms with E-state index in [-0.39, 0.29) is 10.5 Å². The van der Waals surface area contributed by atoms with Crippen molar-refractivity contribution in [2.24, 2.45) is 0 Å².